The second kappa shape index (κ2) is 13.4. The largest absolute Gasteiger partial charge is 0.469 e. The number of esters is 1. The van der Waals surface area contributed by atoms with E-state index >= 15 is 0 Å². The first kappa shape index (κ1) is 32.3. The lowest BCUT2D eigenvalue weighted by atomic mass is 9.82. The third-order valence-corrected chi connectivity index (χ3v) is 11.5. The van der Waals surface area contributed by atoms with Gasteiger partial charge in [-0.15, -0.1) is 0 Å². The van der Waals surface area contributed by atoms with E-state index in [9.17, 15) is 24.3 Å². The molecule has 228 valence electrons. The molecule has 4 rings (SSSR count). The monoisotopic (exact) mass is 660 g/mol. The summed E-state index contributed by atoms with van der Waals surface area (Å²) in [6.45, 7) is 6.33. The predicted octanol–water partition coefficient (Wildman–Crippen LogP) is 4.35. The summed E-state index contributed by atoms with van der Waals surface area (Å²) in [6, 6.07) is 15.2. The van der Waals surface area contributed by atoms with E-state index in [-0.39, 0.29) is 43.8 Å². The zero-order valence-electron chi connectivity index (χ0n) is 24.7. The minimum Gasteiger partial charge on any atom is -0.469 e. The van der Waals surface area contributed by atoms with Crippen molar-refractivity contribution in [3.8, 4) is 0 Å². The number of carbonyl (C=O) groups is 3. The number of benzene rings is 2. The van der Waals surface area contributed by atoms with Crippen LogP contribution in [0.1, 0.15) is 43.7 Å². The smallest absolute Gasteiger partial charge is 0.305 e. The highest BCUT2D eigenvalue weighted by Crippen LogP contribution is 2.60. The Bertz CT molecular complexity index is 1290. The molecule has 1 fully saturated rings. The van der Waals surface area contributed by atoms with Gasteiger partial charge < -0.3 is 29.2 Å². The molecule has 4 atom stereocenters. The lowest BCUT2D eigenvalue weighted by Gasteiger charge is -2.32. The molecule has 0 bridgehead atoms. The SMILES string of the molecule is COC(=O)CCCCN1C(=O)[C@@]2(O[C@@H](CC(=O)N(CCO)Cc3ccccc3)[C@H]([Si](C)(C)O)[C@H]2C)c2cc(Br)ccc21. The van der Waals surface area contributed by atoms with Gasteiger partial charge in [-0.2, -0.15) is 0 Å². The molecule has 2 amide bonds. The first-order chi connectivity index (χ1) is 19.9. The minimum absolute atomic E-state index is 0.0175. The molecule has 2 aromatic rings. The van der Waals surface area contributed by atoms with Crippen LogP contribution in [0.4, 0.5) is 5.69 Å². The molecule has 0 aliphatic carbocycles. The van der Waals surface area contributed by atoms with Crippen molar-refractivity contribution in [2.75, 3.05) is 31.7 Å². The van der Waals surface area contributed by atoms with Crippen LogP contribution in [0.3, 0.4) is 0 Å². The summed E-state index contributed by atoms with van der Waals surface area (Å²) >= 11 is 3.56. The number of hydrogen-bond donors (Lipinski definition) is 2. The number of aliphatic hydroxyl groups is 1. The fourth-order valence-corrected chi connectivity index (χ4v) is 9.55. The van der Waals surface area contributed by atoms with Crippen molar-refractivity contribution in [1.29, 1.82) is 0 Å². The van der Waals surface area contributed by atoms with Crippen LogP contribution in [0.25, 0.3) is 0 Å². The molecule has 1 saturated heterocycles. The van der Waals surface area contributed by atoms with Gasteiger partial charge in [0.1, 0.15) is 0 Å². The number of nitrogens with zero attached hydrogens (tertiary/aromatic N) is 2. The molecule has 2 N–H and O–H groups in total. The lowest BCUT2D eigenvalue weighted by Crippen LogP contribution is -2.46. The fraction of sp³-hybridized carbons (Fsp3) is 0.516. The van der Waals surface area contributed by atoms with Crippen molar-refractivity contribution in [1.82, 2.24) is 4.90 Å². The van der Waals surface area contributed by atoms with Crippen LogP contribution in [0, 0.1) is 5.92 Å². The maximum atomic E-state index is 14.4. The maximum absolute atomic E-state index is 14.4. The first-order valence-corrected chi connectivity index (χ1v) is 18.3. The number of amides is 2. The van der Waals surface area contributed by atoms with Gasteiger partial charge in [-0.05, 0) is 49.7 Å². The average molecular weight is 662 g/mol. The minimum atomic E-state index is -2.95. The van der Waals surface area contributed by atoms with E-state index in [1.165, 1.54) is 7.11 Å². The molecule has 0 aromatic heterocycles. The Morgan fingerprint density at radius 2 is 1.88 bits per heavy atom. The molecule has 42 heavy (non-hydrogen) atoms. The number of aliphatic hydroxyl groups excluding tert-OH is 1. The normalized spacial score (nSPS) is 23.4. The van der Waals surface area contributed by atoms with E-state index in [2.05, 4.69) is 15.9 Å². The van der Waals surface area contributed by atoms with Gasteiger partial charge in [-0.3, -0.25) is 14.4 Å². The Morgan fingerprint density at radius 3 is 2.52 bits per heavy atom. The van der Waals surface area contributed by atoms with Crippen LogP contribution >= 0.6 is 15.9 Å². The van der Waals surface area contributed by atoms with E-state index < -0.39 is 31.5 Å². The highest BCUT2D eigenvalue weighted by Gasteiger charge is 2.66. The molecular formula is C31H41BrN2O7Si. The summed E-state index contributed by atoms with van der Waals surface area (Å²) in [5.41, 5.74) is 0.645. The van der Waals surface area contributed by atoms with Crippen LogP contribution < -0.4 is 4.90 Å². The molecule has 9 nitrogen and oxygen atoms in total. The molecule has 0 radical (unpaired) electrons. The quantitative estimate of drug-likeness (QED) is 0.198. The van der Waals surface area contributed by atoms with Crippen LogP contribution in [-0.4, -0.2) is 73.8 Å². The van der Waals surface area contributed by atoms with Gasteiger partial charge in [0, 0.05) is 47.6 Å². The van der Waals surface area contributed by atoms with E-state index in [0.29, 0.717) is 25.9 Å². The maximum Gasteiger partial charge on any atom is 0.305 e. The van der Waals surface area contributed by atoms with Crippen LogP contribution in [0.5, 0.6) is 0 Å². The number of fused-ring (bicyclic) bond motifs is 2. The highest BCUT2D eigenvalue weighted by atomic mass is 79.9. The summed E-state index contributed by atoms with van der Waals surface area (Å²) < 4.78 is 12.3. The fourth-order valence-electron chi connectivity index (χ4n) is 6.63. The number of ether oxygens (including phenoxy) is 2. The van der Waals surface area contributed by atoms with Crippen LogP contribution in [-0.2, 0) is 36.0 Å². The Labute approximate surface area is 257 Å². The Hall–Kier alpha value is -2.57. The van der Waals surface area contributed by atoms with Crippen molar-refractivity contribution in [2.24, 2.45) is 5.92 Å². The Morgan fingerprint density at radius 1 is 1.17 bits per heavy atom. The second-order valence-corrected chi connectivity index (χ2v) is 16.6. The zero-order valence-corrected chi connectivity index (χ0v) is 27.3. The number of rotatable bonds is 12. The van der Waals surface area contributed by atoms with E-state index in [1.807, 2.05) is 68.5 Å². The lowest BCUT2D eigenvalue weighted by molar-refractivity contribution is -0.150. The van der Waals surface area contributed by atoms with Gasteiger partial charge >= 0.3 is 5.97 Å². The number of halogens is 1. The van der Waals surface area contributed by atoms with Crippen LogP contribution in [0.2, 0.25) is 18.6 Å². The molecule has 1 spiro atoms. The molecule has 2 aliphatic heterocycles. The van der Waals surface area contributed by atoms with Gasteiger partial charge in [0.05, 0.1) is 31.9 Å². The predicted molar refractivity (Wildman–Crippen MR) is 165 cm³/mol. The summed E-state index contributed by atoms with van der Waals surface area (Å²) in [4.78, 5) is 54.5. The molecule has 2 aromatic carbocycles. The van der Waals surface area contributed by atoms with Crippen molar-refractivity contribution >= 4 is 47.7 Å². The Balaban J connectivity index is 1.64. The topological polar surface area (TPSA) is 117 Å². The third-order valence-electron chi connectivity index (χ3n) is 8.50. The Kier molecular flexibility index (Phi) is 10.3. The molecule has 0 saturated carbocycles. The zero-order chi connectivity index (χ0) is 30.7. The molecule has 2 heterocycles. The van der Waals surface area contributed by atoms with Crippen molar-refractivity contribution in [3.63, 3.8) is 0 Å². The van der Waals surface area contributed by atoms with E-state index in [0.717, 1.165) is 21.3 Å². The number of unbranched alkanes of at least 4 members (excludes halogenated alkanes) is 1. The summed E-state index contributed by atoms with van der Waals surface area (Å²) in [5.74, 6) is -1.10. The number of methoxy groups -OCH3 is 1. The molecule has 0 unspecified atom stereocenters. The van der Waals surface area contributed by atoms with Gasteiger partial charge in [0.15, 0.2) is 13.9 Å². The summed E-state index contributed by atoms with van der Waals surface area (Å²) in [5, 5.41) is 9.71. The van der Waals surface area contributed by atoms with E-state index in [1.54, 1.807) is 9.80 Å². The van der Waals surface area contributed by atoms with Gasteiger partial charge in [-0.1, -0.05) is 53.2 Å². The third kappa shape index (κ3) is 6.50. The van der Waals surface area contributed by atoms with Gasteiger partial charge in [0.2, 0.25) is 5.91 Å². The molecule has 11 heteroatoms. The average Bonchev–Trinajstić information content (AvgIpc) is 3.37. The first-order valence-electron chi connectivity index (χ1n) is 14.5. The number of anilines is 1. The summed E-state index contributed by atoms with van der Waals surface area (Å²) in [6.07, 6.45) is 0.738. The standard InChI is InChI=1S/C31H41BrN2O7Si/c1-21-29(42(3,4)39)26(19-27(36)33(16-17-35)20-22-10-6-5-7-11-22)41-31(21)24-18-23(32)13-14-25(24)34(30(31)38)15-9-8-12-28(37)40-2/h5-7,10-11,13-14,18,21,26,29,35,39H,8-9,12,15-17,19-20H2,1-4H3/t21-,26+,29-,31+/m1/s1. The van der Waals surface area contributed by atoms with Gasteiger partial charge in [-0.25, -0.2) is 0 Å². The van der Waals surface area contributed by atoms with Crippen LogP contribution in [0.15, 0.2) is 53.0 Å². The van der Waals surface area contributed by atoms with Crippen molar-refractivity contribution < 1.29 is 33.8 Å². The van der Waals surface area contributed by atoms with Crippen molar-refractivity contribution in [3.05, 3.63) is 64.1 Å². The number of carbonyl (C=O) groups excluding carboxylic acids is 3. The highest BCUT2D eigenvalue weighted by molar-refractivity contribution is 9.10. The van der Waals surface area contributed by atoms with E-state index in [4.69, 9.17) is 9.47 Å². The number of hydrogen-bond acceptors (Lipinski definition) is 7. The van der Waals surface area contributed by atoms with Gasteiger partial charge in [0.25, 0.3) is 5.91 Å². The summed E-state index contributed by atoms with van der Waals surface area (Å²) in [7, 11) is -1.59. The molecule has 2 aliphatic rings. The second-order valence-electron chi connectivity index (χ2n) is 11.7. The van der Waals surface area contributed by atoms with Crippen molar-refractivity contribution in [2.45, 2.75) is 69.5 Å². The molecular weight excluding hydrogens is 620 g/mol.